The molecule has 0 radical (unpaired) electrons. The van der Waals surface area contributed by atoms with Crippen LogP contribution in [0.15, 0.2) is 0 Å². The smallest absolute Gasteiger partial charge is 0.326 e. The van der Waals surface area contributed by atoms with Crippen molar-refractivity contribution in [3.8, 4) is 0 Å². The molecule has 0 aliphatic heterocycles. The molecule has 0 aromatic heterocycles. The average Bonchev–Trinajstić information content (AvgIpc) is 2.67. The first-order valence-corrected chi connectivity index (χ1v) is 10.2. The zero-order valence-corrected chi connectivity index (χ0v) is 18.0. The molecule has 5 atom stereocenters. The van der Waals surface area contributed by atoms with Crippen LogP contribution >= 0.6 is 12.6 Å². The molecule has 0 bridgehead atoms. The summed E-state index contributed by atoms with van der Waals surface area (Å²) >= 11 is 3.94. The molecule has 0 saturated heterocycles. The molecule has 0 aliphatic carbocycles. The van der Waals surface area contributed by atoms with Gasteiger partial charge in [0.25, 0.3) is 0 Å². The maximum Gasteiger partial charge on any atom is 0.326 e. The number of amides is 3. The number of thiol groups is 1. The molecule has 0 aromatic rings. The first-order valence-electron chi connectivity index (χ1n) is 9.54. The number of hydrogen-bond acceptors (Lipinski definition) is 9. The molecule has 0 heterocycles. The van der Waals surface area contributed by atoms with Crippen LogP contribution < -0.4 is 27.4 Å². The normalized spacial score (nSPS) is 15.6. The number of carboxylic acids is 2. The predicted octanol–water partition coefficient (Wildman–Crippen LogP) is -3.23. The molecule has 0 fully saturated rings. The van der Waals surface area contributed by atoms with Crippen molar-refractivity contribution in [2.24, 2.45) is 11.5 Å². The number of aliphatic carboxylic acids is 2. The third kappa shape index (κ3) is 11.0. The Hall–Kier alpha value is -2.42. The first kappa shape index (κ1) is 28.6. The Balaban J connectivity index is 5.13. The second-order valence-corrected chi connectivity index (χ2v) is 7.22. The van der Waals surface area contributed by atoms with Crippen molar-refractivity contribution >= 4 is 42.3 Å². The molecule has 178 valence electrons. The highest BCUT2D eigenvalue weighted by Gasteiger charge is 2.32. The number of hydrogen-bond donors (Lipinski definition) is 9. The Kier molecular flexibility index (Phi) is 13.4. The fourth-order valence-electron chi connectivity index (χ4n) is 2.42. The largest absolute Gasteiger partial charge is 0.481 e. The van der Waals surface area contributed by atoms with Crippen LogP contribution in [0.2, 0.25) is 0 Å². The van der Waals surface area contributed by atoms with Crippen molar-refractivity contribution in [1.29, 1.82) is 0 Å². The van der Waals surface area contributed by atoms with Crippen molar-refractivity contribution in [2.45, 2.75) is 62.9 Å². The Labute approximate surface area is 184 Å². The Bertz CT molecular complexity index is 648. The first-order chi connectivity index (χ1) is 14.4. The number of unbranched alkanes of at least 4 members (excludes halogenated alkanes) is 1. The quantitative estimate of drug-likeness (QED) is 0.0865. The fourth-order valence-corrected chi connectivity index (χ4v) is 2.68. The van der Waals surface area contributed by atoms with Gasteiger partial charge in [-0.15, -0.1) is 0 Å². The molecule has 31 heavy (non-hydrogen) atoms. The summed E-state index contributed by atoms with van der Waals surface area (Å²) in [5.74, 6) is -5.56. The number of aliphatic hydroxyl groups excluding tert-OH is 1. The van der Waals surface area contributed by atoms with E-state index in [0.717, 1.165) is 0 Å². The third-order valence-corrected chi connectivity index (χ3v) is 4.54. The van der Waals surface area contributed by atoms with Gasteiger partial charge in [0.1, 0.15) is 18.1 Å². The number of nitrogens with one attached hydrogen (secondary N) is 3. The number of carbonyl (C=O) groups is 5. The van der Waals surface area contributed by atoms with E-state index >= 15 is 0 Å². The van der Waals surface area contributed by atoms with Gasteiger partial charge in [0.2, 0.25) is 17.7 Å². The number of rotatable bonds is 15. The van der Waals surface area contributed by atoms with Crippen LogP contribution in [-0.4, -0.2) is 87.5 Å². The van der Waals surface area contributed by atoms with Crippen molar-refractivity contribution < 1.29 is 39.3 Å². The van der Waals surface area contributed by atoms with Crippen LogP contribution in [0.25, 0.3) is 0 Å². The average molecular weight is 466 g/mol. The Morgan fingerprint density at radius 2 is 1.52 bits per heavy atom. The highest BCUT2D eigenvalue weighted by atomic mass is 32.1. The number of carbonyl (C=O) groups excluding carboxylic acids is 3. The molecule has 0 saturated carbocycles. The van der Waals surface area contributed by atoms with Crippen molar-refractivity contribution in [1.82, 2.24) is 16.0 Å². The lowest BCUT2D eigenvalue weighted by Gasteiger charge is -2.26. The lowest BCUT2D eigenvalue weighted by Crippen LogP contribution is -2.60. The van der Waals surface area contributed by atoms with Crippen LogP contribution in [0.5, 0.6) is 0 Å². The molecule has 13 nitrogen and oxygen atoms in total. The second kappa shape index (κ2) is 14.6. The molecule has 0 aromatic carbocycles. The maximum atomic E-state index is 12.5. The summed E-state index contributed by atoms with van der Waals surface area (Å²) in [6, 6.07) is -5.46. The summed E-state index contributed by atoms with van der Waals surface area (Å²) in [7, 11) is 0. The van der Waals surface area contributed by atoms with Crippen molar-refractivity contribution in [3.05, 3.63) is 0 Å². The summed E-state index contributed by atoms with van der Waals surface area (Å²) in [5, 5.41) is 34.5. The number of aliphatic hydroxyl groups is 1. The highest BCUT2D eigenvalue weighted by molar-refractivity contribution is 7.80. The van der Waals surface area contributed by atoms with Gasteiger partial charge in [-0.3, -0.25) is 19.2 Å². The van der Waals surface area contributed by atoms with Crippen LogP contribution in [0.4, 0.5) is 0 Å². The minimum Gasteiger partial charge on any atom is -0.481 e. The van der Waals surface area contributed by atoms with Gasteiger partial charge in [0, 0.05) is 5.75 Å². The Morgan fingerprint density at radius 1 is 0.935 bits per heavy atom. The summed E-state index contributed by atoms with van der Waals surface area (Å²) in [6.07, 6.45) is -0.942. The lowest BCUT2D eigenvalue weighted by molar-refractivity contribution is -0.143. The predicted molar refractivity (Wildman–Crippen MR) is 112 cm³/mol. The van der Waals surface area contributed by atoms with E-state index in [-0.39, 0.29) is 12.2 Å². The molecule has 5 unspecified atom stereocenters. The van der Waals surface area contributed by atoms with Gasteiger partial charge in [-0.25, -0.2) is 4.79 Å². The van der Waals surface area contributed by atoms with Gasteiger partial charge < -0.3 is 42.7 Å². The summed E-state index contributed by atoms with van der Waals surface area (Å²) in [4.78, 5) is 58.8. The molecule has 10 N–H and O–H groups in total. The fraction of sp³-hybridized carbons (Fsp3) is 0.706. The third-order valence-electron chi connectivity index (χ3n) is 4.17. The number of nitrogens with two attached hydrogens (primary N) is 2. The van der Waals surface area contributed by atoms with E-state index in [1.165, 1.54) is 6.92 Å². The van der Waals surface area contributed by atoms with E-state index in [1.54, 1.807) is 0 Å². The van der Waals surface area contributed by atoms with Crippen LogP contribution in [0, 0.1) is 0 Å². The van der Waals surface area contributed by atoms with Gasteiger partial charge in [-0.1, -0.05) is 0 Å². The highest BCUT2D eigenvalue weighted by Crippen LogP contribution is 2.04. The van der Waals surface area contributed by atoms with Crippen LogP contribution in [0.1, 0.15) is 32.6 Å². The van der Waals surface area contributed by atoms with Crippen molar-refractivity contribution in [3.63, 3.8) is 0 Å². The SMILES string of the molecule is CC(O)C(NC(=O)C(CS)NC(=O)C(N)CC(=O)O)C(=O)NC(CCCCN)C(=O)O. The molecule has 3 amide bonds. The molecule has 0 rings (SSSR count). The summed E-state index contributed by atoms with van der Waals surface area (Å²) in [5.41, 5.74) is 10.8. The van der Waals surface area contributed by atoms with E-state index < -0.39 is 66.4 Å². The molecule has 14 heteroatoms. The van der Waals surface area contributed by atoms with Gasteiger partial charge in [0.15, 0.2) is 0 Å². The summed E-state index contributed by atoms with van der Waals surface area (Å²) in [6.45, 7) is 1.57. The van der Waals surface area contributed by atoms with Gasteiger partial charge in [0.05, 0.1) is 18.6 Å². The maximum absolute atomic E-state index is 12.5. The monoisotopic (exact) mass is 465 g/mol. The topological polar surface area (TPSA) is 234 Å². The number of carboxylic acid groups (broad SMARTS) is 2. The van der Waals surface area contributed by atoms with Gasteiger partial charge in [-0.2, -0.15) is 12.6 Å². The lowest BCUT2D eigenvalue weighted by atomic mass is 10.1. The molecular formula is C17H31N5O8S. The second-order valence-electron chi connectivity index (χ2n) is 6.86. The zero-order valence-electron chi connectivity index (χ0n) is 17.1. The van der Waals surface area contributed by atoms with E-state index in [2.05, 4.69) is 28.6 Å². The van der Waals surface area contributed by atoms with E-state index in [1.807, 2.05) is 0 Å². The summed E-state index contributed by atoms with van der Waals surface area (Å²) < 4.78 is 0. The molecular weight excluding hydrogens is 434 g/mol. The molecule has 0 aliphatic rings. The van der Waals surface area contributed by atoms with Crippen LogP contribution in [0.3, 0.4) is 0 Å². The van der Waals surface area contributed by atoms with Gasteiger partial charge >= 0.3 is 11.9 Å². The van der Waals surface area contributed by atoms with Gasteiger partial charge in [-0.05, 0) is 32.7 Å². The zero-order chi connectivity index (χ0) is 24.1. The van der Waals surface area contributed by atoms with E-state index in [4.69, 9.17) is 16.6 Å². The van der Waals surface area contributed by atoms with E-state index in [9.17, 15) is 34.2 Å². The van der Waals surface area contributed by atoms with E-state index in [0.29, 0.717) is 19.4 Å². The standard InChI is InChI=1S/C17H31N5O8S/c1-8(23)13(16(28)20-10(17(29)30)4-2-3-5-18)22-15(27)11(7-31)21-14(26)9(19)6-12(24)25/h8-11,13,23,31H,2-7,18-19H2,1H3,(H,20,28)(H,21,26)(H,22,27)(H,24,25)(H,29,30). The van der Waals surface area contributed by atoms with Crippen LogP contribution in [-0.2, 0) is 24.0 Å². The van der Waals surface area contributed by atoms with Crippen molar-refractivity contribution in [2.75, 3.05) is 12.3 Å². The Morgan fingerprint density at radius 3 is 1.97 bits per heavy atom. The molecule has 0 spiro atoms. The minimum atomic E-state index is -1.52. The minimum absolute atomic E-state index is 0.107.